The summed E-state index contributed by atoms with van der Waals surface area (Å²) in [6, 6.07) is 1.74. The summed E-state index contributed by atoms with van der Waals surface area (Å²) in [5.41, 5.74) is 0. The maximum atomic E-state index is 11.9. The highest BCUT2D eigenvalue weighted by Crippen LogP contribution is 2.12. The van der Waals surface area contributed by atoms with Crippen molar-refractivity contribution >= 4 is 10.8 Å². The Morgan fingerprint density at radius 3 is 2.86 bits per heavy atom. The van der Waals surface area contributed by atoms with E-state index < -0.39 is 10.8 Å². The number of aromatic nitrogens is 2. The van der Waals surface area contributed by atoms with Gasteiger partial charge in [-0.3, -0.25) is 4.21 Å². The van der Waals surface area contributed by atoms with Gasteiger partial charge in [0.15, 0.2) is 0 Å². The zero-order valence-corrected chi connectivity index (χ0v) is 8.67. The third-order valence-corrected chi connectivity index (χ3v) is 3.86. The molecule has 1 aliphatic rings. The average Bonchev–Trinajstić information content (AvgIpc) is 2.30. The van der Waals surface area contributed by atoms with Crippen LogP contribution in [-0.4, -0.2) is 32.5 Å². The van der Waals surface area contributed by atoms with E-state index in [2.05, 4.69) is 15.3 Å². The first-order valence-electron chi connectivity index (χ1n) is 4.76. The molecular formula is C9H13N3OS. The highest BCUT2D eigenvalue weighted by atomic mass is 32.2. The summed E-state index contributed by atoms with van der Waals surface area (Å²) < 4.78 is 11.9. The molecule has 1 aliphatic heterocycles. The smallest absolute Gasteiger partial charge is 0.218 e. The molecule has 1 N–H and O–H groups in total. The molecule has 2 rings (SSSR count). The highest BCUT2D eigenvalue weighted by Gasteiger charge is 2.22. The molecule has 2 heterocycles. The molecule has 1 saturated heterocycles. The van der Waals surface area contributed by atoms with Crippen molar-refractivity contribution in [3.05, 3.63) is 18.5 Å². The molecule has 0 aliphatic carbocycles. The van der Waals surface area contributed by atoms with Crippen molar-refractivity contribution in [2.75, 3.05) is 13.1 Å². The quantitative estimate of drug-likeness (QED) is 0.717. The maximum Gasteiger partial charge on any atom is 0.218 e. The van der Waals surface area contributed by atoms with Crippen molar-refractivity contribution in [3.8, 4) is 0 Å². The largest absolute Gasteiger partial charge is 0.316 e. The van der Waals surface area contributed by atoms with E-state index in [1.165, 1.54) is 0 Å². The van der Waals surface area contributed by atoms with Crippen LogP contribution < -0.4 is 5.32 Å². The molecule has 76 valence electrons. The Bertz CT molecular complexity index is 311. The molecule has 0 aromatic carbocycles. The van der Waals surface area contributed by atoms with Crippen molar-refractivity contribution in [2.24, 2.45) is 0 Å². The van der Waals surface area contributed by atoms with Gasteiger partial charge in [0, 0.05) is 18.9 Å². The molecule has 5 heteroatoms. The summed E-state index contributed by atoms with van der Waals surface area (Å²) >= 11 is 0. The third kappa shape index (κ3) is 2.16. The monoisotopic (exact) mass is 211 g/mol. The van der Waals surface area contributed by atoms with Crippen molar-refractivity contribution in [1.29, 1.82) is 0 Å². The second-order valence-corrected chi connectivity index (χ2v) is 4.92. The molecule has 1 fully saturated rings. The fourth-order valence-corrected chi connectivity index (χ4v) is 2.82. The SMILES string of the molecule is O=[S@@](c1ncccn1)[C@@H]1CCCNC1. The van der Waals surface area contributed by atoms with Gasteiger partial charge < -0.3 is 5.32 Å². The van der Waals surface area contributed by atoms with Gasteiger partial charge in [0.2, 0.25) is 5.16 Å². The van der Waals surface area contributed by atoms with Crippen LogP contribution in [0.4, 0.5) is 0 Å². The van der Waals surface area contributed by atoms with Crippen LogP contribution in [0.5, 0.6) is 0 Å². The van der Waals surface area contributed by atoms with Gasteiger partial charge in [-0.2, -0.15) is 0 Å². The molecule has 1 aromatic heterocycles. The molecule has 0 unspecified atom stereocenters. The molecule has 14 heavy (non-hydrogen) atoms. The summed E-state index contributed by atoms with van der Waals surface area (Å²) in [5.74, 6) is 0. The number of rotatable bonds is 2. The first-order chi connectivity index (χ1) is 6.88. The van der Waals surface area contributed by atoms with Crippen LogP contribution in [0.3, 0.4) is 0 Å². The Hall–Kier alpha value is -0.810. The van der Waals surface area contributed by atoms with Crippen LogP contribution in [0, 0.1) is 0 Å². The summed E-state index contributed by atoms with van der Waals surface area (Å²) in [6.07, 6.45) is 5.36. The maximum absolute atomic E-state index is 11.9. The molecule has 0 bridgehead atoms. The highest BCUT2D eigenvalue weighted by molar-refractivity contribution is 7.85. The van der Waals surface area contributed by atoms with Crippen molar-refractivity contribution in [1.82, 2.24) is 15.3 Å². The van der Waals surface area contributed by atoms with Gasteiger partial charge in [-0.25, -0.2) is 9.97 Å². The topological polar surface area (TPSA) is 54.9 Å². The van der Waals surface area contributed by atoms with E-state index in [-0.39, 0.29) is 5.25 Å². The van der Waals surface area contributed by atoms with E-state index in [0.29, 0.717) is 5.16 Å². The van der Waals surface area contributed by atoms with Crippen LogP contribution in [-0.2, 0) is 10.8 Å². The molecule has 0 saturated carbocycles. The normalized spacial score (nSPS) is 24.4. The molecule has 0 radical (unpaired) electrons. The lowest BCUT2D eigenvalue weighted by Gasteiger charge is -2.20. The number of nitrogens with zero attached hydrogens (tertiary/aromatic N) is 2. The fraction of sp³-hybridized carbons (Fsp3) is 0.556. The lowest BCUT2D eigenvalue weighted by Crippen LogP contribution is -2.36. The van der Waals surface area contributed by atoms with Gasteiger partial charge in [-0.15, -0.1) is 0 Å². The van der Waals surface area contributed by atoms with Crippen molar-refractivity contribution in [2.45, 2.75) is 23.2 Å². The Morgan fingerprint density at radius 2 is 2.21 bits per heavy atom. The minimum atomic E-state index is -1.05. The average molecular weight is 211 g/mol. The first-order valence-corrected chi connectivity index (χ1v) is 5.97. The predicted molar refractivity (Wildman–Crippen MR) is 54.3 cm³/mol. The van der Waals surface area contributed by atoms with E-state index in [4.69, 9.17) is 0 Å². The van der Waals surface area contributed by atoms with Gasteiger partial charge in [-0.05, 0) is 25.5 Å². The van der Waals surface area contributed by atoms with Crippen LogP contribution >= 0.6 is 0 Å². The fourth-order valence-electron chi connectivity index (χ4n) is 1.54. The molecule has 2 atom stereocenters. The van der Waals surface area contributed by atoms with E-state index >= 15 is 0 Å². The Labute approximate surface area is 85.6 Å². The second kappa shape index (κ2) is 4.61. The van der Waals surface area contributed by atoms with E-state index in [9.17, 15) is 4.21 Å². The third-order valence-electron chi connectivity index (χ3n) is 2.28. The zero-order valence-electron chi connectivity index (χ0n) is 7.85. The van der Waals surface area contributed by atoms with Crippen molar-refractivity contribution in [3.63, 3.8) is 0 Å². The van der Waals surface area contributed by atoms with Gasteiger partial charge in [0.05, 0.1) is 16.0 Å². The summed E-state index contributed by atoms with van der Waals surface area (Å²) in [6.45, 7) is 1.84. The standard InChI is InChI=1S/C9H13N3OS/c13-14(8-3-1-4-10-7-8)9-11-5-2-6-12-9/h2,5-6,8,10H,1,3-4,7H2/t8-,14-/m1/s1. The van der Waals surface area contributed by atoms with Crippen LogP contribution in [0.1, 0.15) is 12.8 Å². The second-order valence-electron chi connectivity index (χ2n) is 3.30. The van der Waals surface area contributed by atoms with E-state index in [1.54, 1.807) is 18.5 Å². The van der Waals surface area contributed by atoms with Gasteiger partial charge in [0.1, 0.15) is 0 Å². The number of hydrogen-bond acceptors (Lipinski definition) is 4. The minimum Gasteiger partial charge on any atom is -0.316 e. The van der Waals surface area contributed by atoms with Gasteiger partial charge in [0.25, 0.3) is 0 Å². The molecule has 1 aromatic rings. The number of hydrogen-bond donors (Lipinski definition) is 1. The number of nitrogens with one attached hydrogen (secondary N) is 1. The molecule has 0 spiro atoms. The van der Waals surface area contributed by atoms with E-state index in [1.807, 2.05) is 0 Å². The summed E-state index contributed by atoms with van der Waals surface area (Å²) in [5, 5.41) is 3.87. The van der Waals surface area contributed by atoms with Crippen LogP contribution in [0.25, 0.3) is 0 Å². The zero-order chi connectivity index (χ0) is 9.80. The van der Waals surface area contributed by atoms with Crippen molar-refractivity contribution < 1.29 is 4.21 Å². The van der Waals surface area contributed by atoms with Gasteiger partial charge in [-0.1, -0.05) is 0 Å². The number of piperidine rings is 1. The summed E-state index contributed by atoms with van der Waals surface area (Å²) in [4.78, 5) is 8.03. The van der Waals surface area contributed by atoms with Crippen LogP contribution in [0.2, 0.25) is 0 Å². The molecular weight excluding hydrogens is 198 g/mol. The van der Waals surface area contributed by atoms with Gasteiger partial charge >= 0.3 is 0 Å². The first kappa shape index (κ1) is 9.73. The van der Waals surface area contributed by atoms with Crippen LogP contribution in [0.15, 0.2) is 23.6 Å². The Morgan fingerprint density at radius 1 is 1.43 bits per heavy atom. The predicted octanol–water partition coefficient (Wildman–Crippen LogP) is 0.336. The lowest BCUT2D eigenvalue weighted by atomic mass is 10.2. The summed E-state index contributed by atoms with van der Waals surface area (Å²) in [7, 11) is -1.05. The minimum absolute atomic E-state index is 0.172. The Kier molecular flexibility index (Phi) is 3.21. The van der Waals surface area contributed by atoms with E-state index in [0.717, 1.165) is 25.9 Å². The Balaban J connectivity index is 2.07. The molecule has 0 amide bonds. The lowest BCUT2D eigenvalue weighted by molar-refractivity contribution is 0.518. The molecule has 4 nitrogen and oxygen atoms in total.